The van der Waals surface area contributed by atoms with E-state index in [1.807, 2.05) is 24.3 Å². The molecule has 38 heavy (non-hydrogen) atoms. The zero-order valence-electron chi connectivity index (χ0n) is 20.4. The van der Waals surface area contributed by atoms with Crippen molar-refractivity contribution in [3.05, 3.63) is 54.2 Å². The standard InChI is InChI=1S/C24H29N7O7/c1-12(25)21(34)29-17(6-13-9-27-16-5-3-2-4-15(13)16)22(35)30-18(7-14-10-26-11-28-14)23(36)31-19(24(37)38)8-20(32)33/h2-5,9-12,17-19,27H,6-8,25H2,1H3,(H,26,28)(H,29,34)(H,30,35)(H,31,36)(H,32,33)(H,37,38). The van der Waals surface area contributed by atoms with Gasteiger partial charge in [0.2, 0.25) is 17.7 Å². The van der Waals surface area contributed by atoms with Gasteiger partial charge in [-0.05, 0) is 18.6 Å². The lowest BCUT2D eigenvalue weighted by Gasteiger charge is -2.24. The van der Waals surface area contributed by atoms with E-state index in [1.165, 1.54) is 19.4 Å². The zero-order valence-corrected chi connectivity index (χ0v) is 20.4. The molecular weight excluding hydrogens is 498 g/mol. The summed E-state index contributed by atoms with van der Waals surface area (Å²) in [5, 5.41) is 26.4. The second-order valence-corrected chi connectivity index (χ2v) is 8.75. The molecule has 4 atom stereocenters. The maximum atomic E-state index is 13.4. The number of imidazole rings is 1. The summed E-state index contributed by atoms with van der Waals surface area (Å²) in [4.78, 5) is 71.1. The van der Waals surface area contributed by atoms with Crippen LogP contribution in [0.5, 0.6) is 0 Å². The minimum Gasteiger partial charge on any atom is -0.481 e. The SMILES string of the molecule is CC(N)C(=O)NC(Cc1c[nH]c2ccccc12)C(=O)NC(Cc1cnc[nH]1)C(=O)NC(CC(=O)O)C(=O)O. The lowest BCUT2D eigenvalue weighted by atomic mass is 10.0. The number of hydrogen-bond donors (Lipinski definition) is 8. The molecule has 0 aliphatic carbocycles. The van der Waals surface area contributed by atoms with Crippen molar-refractivity contribution < 1.29 is 34.2 Å². The fourth-order valence-electron chi connectivity index (χ4n) is 3.78. The molecule has 0 fully saturated rings. The molecule has 3 aromatic rings. The maximum Gasteiger partial charge on any atom is 0.326 e. The normalized spacial score (nSPS) is 14.2. The average molecular weight is 528 g/mol. The van der Waals surface area contributed by atoms with Crippen molar-refractivity contribution in [1.82, 2.24) is 30.9 Å². The van der Waals surface area contributed by atoms with Gasteiger partial charge >= 0.3 is 11.9 Å². The number of aromatic nitrogens is 3. The van der Waals surface area contributed by atoms with Crippen LogP contribution in [-0.2, 0) is 36.8 Å². The third kappa shape index (κ3) is 7.39. The lowest BCUT2D eigenvalue weighted by molar-refractivity contribution is -0.147. The number of carbonyl (C=O) groups is 5. The Balaban J connectivity index is 1.85. The van der Waals surface area contributed by atoms with Gasteiger partial charge in [-0.2, -0.15) is 0 Å². The van der Waals surface area contributed by atoms with Crippen molar-refractivity contribution in [1.29, 1.82) is 0 Å². The third-order valence-electron chi connectivity index (χ3n) is 5.75. The number of carboxylic acid groups (broad SMARTS) is 2. The Morgan fingerprint density at radius 1 is 0.921 bits per heavy atom. The van der Waals surface area contributed by atoms with Crippen LogP contribution in [0.4, 0.5) is 0 Å². The van der Waals surface area contributed by atoms with E-state index in [0.29, 0.717) is 5.69 Å². The molecule has 0 spiro atoms. The minimum atomic E-state index is -1.72. The molecule has 9 N–H and O–H groups in total. The van der Waals surface area contributed by atoms with Crippen LogP contribution in [0.3, 0.4) is 0 Å². The molecular formula is C24H29N7O7. The summed E-state index contributed by atoms with van der Waals surface area (Å²) < 4.78 is 0. The molecule has 0 aliphatic rings. The predicted molar refractivity (Wildman–Crippen MR) is 134 cm³/mol. The predicted octanol–water partition coefficient (Wildman–Crippen LogP) is -0.963. The summed E-state index contributed by atoms with van der Waals surface area (Å²) in [7, 11) is 0. The molecule has 3 amide bonds. The van der Waals surface area contributed by atoms with Crippen LogP contribution < -0.4 is 21.7 Å². The number of rotatable bonds is 13. The second kappa shape index (κ2) is 12.5. The van der Waals surface area contributed by atoms with Crippen LogP contribution in [0.1, 0.15) is 24.6 Å². The molecule has 1 aromatic carbocycles. The van der Waals surface area contributed by atoms with E-state index in [1.54, 1.807) is 6.20 Å². The number of aromatic amines is 2. The van der Waals surface area contributed by atoms with Gasteiger partial charge in [0.25, 0.3) is 0 Å². The number of aliphatic carboxylic acids is 2. The van der Waals surface area contributed by atoms with Crippen LogP contribution in [-0.4, -0.2) is 79.0 Å². The molecule has 0 aliphatic heterocycles. The van der Waals surface area contributed by atoms with Crippen molar-refractivity contribution in [2.75, 3.05) is 0 Å². The van der Waals surface area contributed by atoms with E-state index in [9.17, 15) is 29.1 Å². The Morgan fingerprint density at radius 2 is 1.55 bits per heavy atom. The summed E-state index contributed by atoms with van der Waals surface area (Å²) in [5.41, 5.74) is 7.69. The maximum absolute atomic E-state index is 13.4. The molecule has 2 aromatic heterocycles. The number of H-pyrrole nitrogens is 2. The number of hydrogen-bond acceptors (Lipinski definition) is 7. The first kappa shape index (κ1) is 27.9. The molecule has 0 saturated heterocycles. The number of para-hydroxylation sites is 1. The molecule has 4 unspecified atom stereocenters. The smallest absolute Gasteiger partial charge is 0.326 e. The van der Waals surface area contributed by atoms with E-state index >= 15 is 0 Å². The second-order valence-electron chi connectivity index (χ2n) is 8.75. The zero-order chi connectivity index (χ0) is 27.8. The number of nitrogens with one attached hydrogen (secondary N) is 5. The first-order valence-electron chi connectivity index (χ1n) is 11.7. The fraction of sp³-hybridized carbons (Fsp3) is 0.333. The molecule has 3 rings (SSSR count). The van der Waals surface area contributed by atoms with E-state index in [2.05, 4.69) is 30.9 Å². The largest absolute Gasteiger partial charge is 0.481 e. The molecule has 0 bridgehead atoms. The Morgan fingerprint density at radius 3 is 2.16 bits per heavy atom. The number of amides is 3. The van der Waals surface area contributed by atoms with Crippen molar-refractivity contribution in [2.45, 2.75) is 50.4 Å². The monoisotopic (exact) mass is 527 g/mol. The van der Waals surface area contributed by atoms with E-state index in [4.69, 9.17) is 10.8 Å². The van der Waals surface area contributed by atoms with Crippen molar-refractivity contribution in [2.24, 2.45) is 5.73 Å². The summed E-state index contributed by atoms with van der Waals surface area (Å²) in [5.74, 6) is -5.22. The Hall–Kier alpha value is -4.72. The van der Waals surface area contributed by atoms with Gasteiger partial charge in [-0.3, -0.25) is 19.2 Å². The van der Waals surface area contributed by atoms with Crippen molar-refractivity contribution in [3.63, 3.8) is 0 Å². The first-order valence-corrected chi connectivity index (χ1v) is 11.7. The van der Waals surface area contributed by atoms with Gasteiger partial charge in [-0.15, -0.1) is 0 Å². The summed E-state index contributed by atoms with van der Waals surface area (Å²) >= 11 is 0. The topological polar surface area (TPSA) is 232 Å². The summed E-state index contributed by atoms with van der Waals surface area (Å²) in [6.45, 7) is 1.46. The van der Waals surface area contributed by atoms with Gasteiger partial charge in [0, 0.05) is 41.8 Å². The van der Waals surface area contributed by atoms with Crippen LogP contribution in [0.2, 0.25) is 0 Å². The highest BCUT2D eigenvalue weighted by molar-refractivity contribution is 5.95. The van der Waals surface area contributed by atoms with Gasteiger partial charge < -0.3 is 41.9 Å². The van der Waals surface area contributed by atoms with Crippen LogP contribution in [0, 0.1) is 0 Å². The number of fused-ring (bicyclic) bond motifs is 1. The number of nitrogens with two attached hydrogens (primary N) is 1. The van der Waals surface area contributed by atoms with Crippen LogP contribution >= 0.6 is 0 Å². The van der Waals surface area contributed by atoms with E-state index < -0.39 is 60.2 Å². The molecule has 14 nitrogen and oxygen atoms in total. The van der Waals surface area contributed by atoms with Crippen molar-refractivity contribution in [3.8, 4) is 0 Å². The van der Waals surface area contributed by atoms with E-state index in [-0.39, 0.29) is 12.8 Å². The molecule has 0 radical (unpaired) electrons. The van der Waals surface area contributed by atoms with E-state index in [0.717, 1.165) is 16.5 Å². The van der Waals surface area contributed by atoms with Gasteiger partial charge in [0.1, 0.15) is 18.1 Å². The highest BCUT2D eigenvalue weighted by atomic mass is 16.4. The highest BCUT2D eigenvalue weighted by Crippen LogP contribution is 2.19. The highest BCUT2D eigenvalue weighted by Gasteiger charge is 2.31. The Bertz CT molecular complexity index is 1300. The quantitative estimate of drug-likeness (QED) is 0.136. The Kier molecular flexibility index (Phi) is 9.16. The van der Waals surface area contributed by atoms with Gasteiger partial charge in [0.05, 0.1) is 18.8 Å². The van der Waals surface area contributed by atoms with Gasteiger partial charge in [0.15, 0.2) is 0 Å². The third-order valence-corrected chi connectivity index (χ3v) is 5.75. The summed E-state index contributed by atoms with van der Waals surface area (Å²) in [6.07, 6.45) is 3.57. The first-order chi connectivity index (χ1) is 18.0. The lowest BCUT2D eigenvalue weighted by Crippen LogP contribution is -2.58. The van der Waals surface area contributed by atoms with Crippen molar-refractivity contribution >= 4 is 40.6 Å². The molecule has 14 heteroatoms. The molecule has 202 valence electrons. The van der Waals surface area contributed by atoms with Crippen LogP contribution in [0.25, 0.3) is 10.9 Å². The number of benzene rings is 1. The fourth-order valence-corrected chi connectivity index (χ4v) is 3.78. The summed E-state index contributed by atoms with van der Waals surface area (Å²) in [6, 6.07) is 2.29. The van der Waals surface area contributed by atoms with Gasteiger partial charge in [-0.1, -0.05) is 18.2 Å². The molecule has 2 heterocycles. The number of carboxylic acids is 2. The van der Waals surface area contributed by atoms with Gasteiger partial charge in [-0.25, -0.2) is 9.78 Å². The Labute approximate surface area is 216 Å². The molecule has 0 saturated carbocycles. The number of carbonyl (C=O) groups excluding carboxylic acids is 3. The van der Waals surface area contributed by atoms with Crippen LogP contribution in [0.15, 0.2) is 43.0 Å². The number of nitrogens with zero attached hydrogens (tertiary/aromatic N) is 1. The average Bonchev–Trinajstić information content (AvgIpc) is 3.52. The minimum absolute atomic E-state index is 0.0590.